The number of carboxylic acids is 1. The zero-order chi connectivity index (χ0) is 17.2. The fourth-order valence-corrected chi connectivity index (χ4v) is 7.00. The Labute approximate surface area is 140 Å². The molecular formula is C19H19O4P. The van der Waals surface area contributed by atoms with Crippen LogP contribution in [0.25, 0.3) is 0 Å². The molecule has 2 aromatic rings. The number of carbonyl (C=O) groups excluding carboxylic acids is 1. The first-order chi connectivity index (χ1) is 11.5. The van der Waals surface area contributed by atoms with Crippen LogP contribution >= 0.6 is 7.14 Å². The summed E-state index contributed by atoms with van der Waals surface area (Å²) in [5, 5.41) is 10.7. The van der Waals surface area contributed by atoms with Gasteiger partial charge in [-0.1, -0.05) is 60.7 Å². The second-order valence-corrected chi connectivity index (χ2v) is 8.98. The molecule has 124 valence electrons. The Morgan fingerprint density at radius 1 is 0.958 bits per heavy atom. The zero-order valence-corrected chi connectivity index (χ0v) is 14.1. The van der Waals surface area contributed by atoms with E-state index in [1.54, 1.807) is 48.5 Å². The molecule has 2 aromatic carbocycles. The van der Waals surface area contributed by atoms with Crippen molar-refractivity contribution in [3.63, 3.8) is 0 Å². The lowest BCUT2D eigenvalue weighted by Gasteiger charge is -2.34. The summed E-state index contributed by atoms with van der Waals surface area (Å²) in [7, 11) is -3.40. The van der Waals surface area contributed by atoms with E-state index in [0.717, 1.165) is 0 Å². The van der Waals surface area contributed by atoms with Crippen LogP contribution in [0, 0.1) is 5.92 Å². The predicted molar refractivity (Wildman–Crippen MR) is 93.5 cm³/mol. The van der Waals surface area contributed by atoms with E-state index in [9.17, 15) is 19.3 Å². The van der Waals surface area contributed by atoms with E-state index < -0.39 is 24.7 Å². The highest BCUT2D eigenvalue weighted by atomic mass is 31.2. The molecule has 3 rings (SSSR count). The van der Waals surface area contributed by atoms with Crippen LogP contribution in [0.5, 0.6) is 0 Å². The van der Waals surface area contributed by atoms with Gasteiger partial charge in [-0.3, -0.25) is 9.59 Å². The van der Waals surface area contributed by atoms with Crippen LogP contribution in [0.4, 0.5) is 0 Å². The van der Waals surface area contributed by atoms with E-state index in [4.69, 9.17) is 0 Å². The number of hydrogen-bond acceptors (Lipinski definition) is 3. The molecule has 0 aliphatic heterocycles. The van der Waals surface area contributed by atoms with Gasteiger partial charge in [0.15, 0.2) is 7.14 Å². The third kappa shape index (κ3) is 2.83. The molecular weight excluding hydrogens is 323 g/mol. The number of Topliss-reactive ketones (excluding diaryl/α,β-unsaturated/α-hetero) is 1. The van der Waals surface area contributed by atoms with Gasteiger partial charge in [-0.15, -0.1) is 0 Å². The SMILES string of the molecule is O=C(O)[C@H]1CCCC(=O)[C@@H]1P(=O)(c1ccccc1)c1ccccc1. The molecule has 5 heteroatoms. The molecule has 0 heterocycles. The van der Waals surface area contributed by atoms with Crippen LogP contribution in [0.2, 0.25) is 0 Å². The van der Waals surface area contributed by atoms with Crippen LogP contribution in [0.15, 0.2) is 60.7 Å². The summed E-state index contributed by atoms with van der Waals surface area (Å²) in [5.41, 5.74) is -0.992. The summed E-state index contributed by atoms with van der Waals surface area (Å²) in [6.45, 7) is 0. The molecule has 0 amide bonds. The smallest absolute Gasteiger partial charge is 0.307 e. The maximum absolute atomic E-state index is 14.2. The number of carboxylic acid groups (broad SMARTS) is 1. The van der Waals surface area contributed by atoms with E-state index in [1.807, 2.05) is 12.1 Å². The van der Waals surface area contributed by atoms with Crippen molar-refractivity contribution in [3.05, 3.63) is 60.7 Å². The molecule has 2 atom stereocenters. The van der Waals surface area contributed by atoms with Crippen molar-refractivity contribution in [2.75, 3.05) is 0 Å². The number of aliphatic carboxylic acids is 1. The van der Waals surface area contributed by atoms with Crippen LogP contribution in [0.3, 0.4) is 0 Å². The van der Waals surface area contributed by atoms with Crippen molar-refractivity contribution in [1.82, 2.24) is 0 Å². The van der Waals surface area contributed by atoms with Gasteiger partial charge in [-0.25, -0.2) is 0 Å². The highest BCUT2D eigenvalue weighted by molar-refractivity contribution is 7.80. The summed E-state index contributed by atoms with van der Waals surface area (Å²) in [6, 6.07) is 17.6. The molecule has 0 aromatic heterocycles. The molecule has 1 aliphatic rings. The Balaban J connectivity index is 2.23. The van der Waals surface area contributed by atoms with Gasteiger partial charge in [-0.2, -0.15) is 0 Å². The third-order valence-corrected chi connectivity index (χ3v) is 8.20. The van der Waals surface area contributed by atoms with Gasteiger partial charge >= 0.3 is 5.97 Å². The normalized spacial score (nSPS) is 21.4. The van der Waals surface area contributed by atoms with Crippen molar-refractivity contribution < 1.29 is 19.3 Å². The van der Waals surface area contributed by atoms with Gasteiger partial charge in [0.25, 0.3) is 0 Å². The van der Waals surface area contributed by atoms with Gasteiger partial charge in [0.1, 0.15) is 5.78 Å². The van der Waals surface area contributed by atoms with E-state index in [2.05, 4.69) is 0 Å². The predicted octanol–water partition coefficient (Wildman–Crippen LogP) is 2.82. The topological polar surface area (TPSA) is 71.4 Å². The van der Waals surface area contributed by atoms with Crippen LogP contribution < -0.4 is 10.6 Å². The quantitative estimate of drug-likeness (QED) is 0.868. The maximum Gasteiger partial charge on any atom is 0.307 e. The summed E-state index contributed by atoms with van der Waals surface area (Å²) < 4.78 is 14.2. The van der Waals surface area contributed by atoms with Crippen molar-refractivity contribution in [2.45, 2.75) is 24.9 Å². The minimum absolute atomic E-state index is 0.204. The van der Waals surface area contributed by atoms with Crippen molar-refractivity contribution in [2.24, 2.45) is 5.92 Å². The van der Waals surface area contributed by atoms with Gasteiger partial charge < -0.3 is 9.67 Å². The molecule has 4 nitrogen and oxygen atoms in total. The van der Waals surface area contributed by atoms with Crippen LogP contribution in [-0.4, -0.2) is 22.5 Å². The molecule has 24 heavy (non-hydrogen) atoms. The monoisotopic (exact) mass is 342 g/mol. The lowest BCUT2D eigenvalue weighted by atomic mass is 9.88. The number of carbonyl (C=O) groups is 2. The minimum Gasteiger partial charge on any atom is -0.481 e. The Bertz CT molecular complexity index is 742. The molecule has 0 spiro atoms. The average molecular weight is 342 g/mol. The fraction of sp³-hybridized carbons (Fsp3) is 0.263. The van der Waals surface area contributed by atoms with Crippen molar-refractivity contribution >= 4 is 29.5 Å². The highest BCUT2D eigenvalue weighted by Crippen LogP contribution is 2.54. The minimum atomic E-state index is -3.40. The number of benzene rings is 2. The molecule has 0 radical (unpaired) electrons. The molecule has 0 bridgehead atoms. The second kappa shape index (κ2) is 6.74. The summed E-state index contributed by atoms with van der Waals surface area (Å²) >= 11 is 0. The summed E-state index contributed by atoms with van der Waals surface area (Å²) in [4.78, 5) is 24.4. The second-order valence-electron chi connectivity index (χ2n) is 6.08. The molecule has 1 aliphatic carbocycles. The van der Waals surface area contributed by atoms with Crippen molar-refractivity contribution in [3.8, 4) is 0 Å². The summed E-state index contributed by atoms with van der Waals surface area (Å²) in [5.74, 6) is -2.15. The highest BCUT2D eigenvalue weighted by Gasteiger charge is 2.49. The number of hydrogen-bond donors (Lipinski definition) is 1. The molecule has 1 saturated carbocycles. The Morgan fingerprint density at radius 2 is 1.46 bits per heavy atom. The lowest BCUT2D eigenvalue weighted by Crippen LogP contribution is -2.43. The Kier molecular flexibility index (Phi) is 4.68. The van der Waals surface area contributed by atoms with Crippen LogP contribution in [-0.2, 0) is 14.2 Å². The van der Waals surface area contributed by atoms with E-state index in [1.165, 1.54) is 0 Å². The van der Waals surface area contributed by atoms with Gasteiger partial charge in [0.05, 0.1) is 11.6 Å². The molecule has 1 N–H and O–H groups in total. The van der Waals surface area contributed by atoms with E-state index in [0.29, 0.717) is 23.5 Å². The number of rotatable bonds is 4. The largest absolute Gasteiger partial charge is 0.481 e. The molecule has 0 unspecified atom stereocenters. The number of ketones is 1. The summed E-state index contributed by atoms with van der Waals surface area (Å²) in [6.07, 6.45) is 1.21. The van der Waals surface area contributed by atoms with Crippen molar-refractivity contribution in [1.29, 1.82) is 0 Å². The lowest BCUT2D eigenvalue weighted by molar-refractivity contribution is -0.144. The van der Waals surface area contributed by atoms with Gasteiger partial charge in [0.2, 0.25) is 0 Å². The van der Waals surface area contributed by atoms with E-state index in [-0.39, 0.29) is 12.2 Å². The first kappa shape index (κ1) is 16.7. The average Bonchev–Trinajstić information content (AvgIpc) is 2.62. The first-order valence-corrected chi connectivity index (χ1v) is 9.79. The van der Waals surface area contributed by atoms with Gasteiger partial charge in [-0.05, 0) is 12.8 Å². The first-order valence-electron chi connectivity index (χ1n) is 8.01. The third-order valence-electron chi connectivity index (χ3n) is 4.64. The maximum atomic E-state index is 14.2. The van der Waals surface area contributed by atoms with Gasteiger partial charge in [0, 0.05) is 17.0 Å². The standard InChI is InChI=1S/C19H19O4P/c20-17-13-7-12-16(19(21)22)18(17)24(23,14-8-3-1-4-9-14)15-10-5-2-6-11-15/h1-6,8-11,16,18H,7,12-13H2,(H,21,22)/t16-,18+/m0/s1. The fourth-order valence-electron chi connectivity index (χ4n) is 3.51. The Hall–Kier alpha value is -2.19. The zero-order valence-electron chi connectivity index (χ0n) is 13.2. The Morgan fingerprint density at radius 3 is 1.92 bits per heavy atom. The van der Waals surface area contributed by atoms with E-state index >= 15 is 0 Å². The molecule has 0 saturated heterocycles. The molecule has 1 fully saturated rings. The van der Waals surface area contributed by atoms with Crippen LogP contribution in [0.1, 0.15) is 19.3 Å².